The van der Waals surface area contributed by atoms with Crippen molar-refractivity contribution in [2.45, 2.75) is 33.4 Å². The fourth-order valence-corrected chi connectivity index (χ4v) is 2.92. The SMILES string of the molecule is CCNC(=O)C(c1ccccc1)N(Cc1ccc(Cl)cc1)C(=O)C(C)C. The van der Waals surface area contributed by atoms with E-state index in [0.29, 0.717) is 18.1 Å². The lowest BCUT2D eigenvalue weighted by Gasteiger charge is -2.32. The second kappa shape index (κ2) is 9.39. The van der Waals surface area contributed by atoms with Crippen LogP contribution >= 0.6 is 11.6 Å². The molecule has 0 fully saturated rings. The summed E-state index contributed by atoms with van der Waals surface area (Å²) in [5.41, 5.74) is 1.72. The van der Waals surface area contributed by atoms with Gasteiger partial charge >= 0.3 is 0 Å². The highest BCUT2D eigenvalue weighted by Gasteiger charge is 2.32. The highest BCUT2D eigenvalue weighted by Crippen LogP contribution is 2.26. The summed E-state index contributed by atoms with van der Waals surface area (Å²) in [5, 5.41) is 3.50. The minimum Gasteiger partial charge on any atom is -0.354 e. The smallest absolute Gasteiger partial charge is 0.247 e. The lowest BCUT2D eigenvalue weighted by atomic mass is 10.0. The van der Waals surface area contributed by atoms with E-state index in [-0.39, 0.29) is 17.7 Å². The molecule has 2 rings (SSSR count). The van der Waals surface area contributed by atoms with Crippen molar-refractivity contribution >= 4 is 23.4 Å². The Morgan fingerprint density at radius 1 is 1.04 bits per heavy atom. The van der Waals surface area contributed by atoms with Gasteiger partial charge in [-0.2, -0.15) is 0 Å². The van der Waals surface area contributed by atoms with Gasteiger partial charge in [0.15, 0.2) is 0 Å². The van der Waals surface area contributed by atoms with Crippen molar-refractivity contribution in [3.63, 3.8) is 0 Å². The molecule has 0 radical (unpaired) electrons. The molecule has 0 aromatic heterocycles. The molecule has 0 aliphatic heterocycles. The quantitative estimate of drug-likeness (QED) is 0.791. The van der Waals surface area contributed by atoms with E-state index in [1.807, 2.05) is 63.2 Å². The molecule has 0 bridgehead atoms. The zero-order chi connectivity index (χ0) is 19.1. The van der Waals surface area contributed by atoms with Crippen molar-refractivity contribution in [2.75, 3.05) is 6.54 Å². The summed E-state index contributed by atoms with van der Waals surface area (Å²) in [5.74, 6) is -0.468. The topological polar surface area (TPSA) is 49.4 Å². The molecule has 5 heteroatoms. The molecule has 2 aromatic rings. The number of nitrogens with zero attached hydrogens (tertiary/aromatic N) is 1. The Morgan fingerprint density at radius 2 is 1.65 bits per heavy atom. The third kappa shape index (κ3) is 5.09. The van der Waals surface area contributed by atoms with E-state index in [1.165, 1.54) is 0 Å². The summed E-state index contributed by atoms with van der Waals surface area (Å²) in [7, 11) is 0. The van der Waals surface area contributed by atoms with E-state index in [0.717, 1.165) is 11.1 Å². The standard InChI is InChI=1S/C21H25ClN2O2/c1-4-23-20(25)19(17-8-6-5-7-9-17)24(21(26)15(2)3)14-16-10-12-18(22)13-11-16/h5-13,15,19H,4,14H2,1-3H3,(H,23,25). The van der Waals surface area contributed by atoms with Gasteiger partial charge in [-0.15, -0.1) is 0 Å². The molecule has 1 atom stereocenters. The van der Waals surface area contributed by atoms with Gasteiger partial charge in [-0.05, 0) is 30.2 Å². The maximum Gasteiger partial charge on any atom is 0.247 e. The van der Waals surface area contributed by atoms with Crippen LogP contribution < -0.4 is 5.32 Å². The second-order valence-electron chi connectivity index (χ2n) is 6.46. The Balaban J connectivity index is 2.44. The maximum absolute atomic E-state index is 13.0. The first-order valence-electron chi connectivity index (χ1n) is 8.81. The van der Waals surface area contributed by atoms with Gasteiger partial charge in [0.2, 0.25) is 11.8 Å². The monoisotopic (exact) mass is 372 g/mol. The molecule has 2 aromatic carbocycles. The maximum atomic E-state index is 13.0. The third-order valence-electron chi connectivity index (χ3n) is 4.07. The number of benzene rings is 2. The Hall–Kier alpha value is -2.33. The minimum atomic E-state index is -0.679. The summed E-state index contributed by atoms with van der Waals surface area (Å²) in [6.07, 6.45) is 0. The van der Waals surface area contributed by atoms with Crippen LogP contribution in [-0.2, 0) is 16.1 Å². The van der Waals surface area contributed by atoms with Crippen LogP contribution in [0.25, 0.3) is 0 Å². The number of halogens is 1. The van der Waals surface area contributed by atoms with Crippen LogP contribution in [0.2, 0.25) is 5.02 Å². The number of carbonyl (C=O) groups excluding carboxylic acids is 2. The molecule has 0 heterocycles. The van der Waals surface area contributed by atoms with Crippen LogP contribution in [0.15, 0.2) is 54.6 Å². The van der Waals surface area contributed by atoms with Crippen molar-refractivity contribution in [2.24, 2.45) is 5.92 Å². The van der Waals surface area contributed by atoms with Crippen LogP contribution in [0.3, 0.4) is 0 Å². The molecule has 2 amide bonds. The van der Waals surface area contributed by atoms with Crippen LogP contribution in [-0.4, -0.2) is 23.3 Å². The number of likely N-dealkylation sites (N-methyl/N-ethyl adjacent to an activating group) is 1. The van der Waals surface area contributed by atoms with Crippen LogP contribution in [0, 0.1) is 5.92 Å². The number of nitrogens with one attached hydrogen (secondary N) is 1. The molecule has 0 aliphatic rings. The van der Waals surface area contributed by atoms with Gasteiger partial charge in [0, 0.05) is 24.0 Å². The van der Waals surface area contributed by atoms with E-state index in [4.69, 9.17) is 11.6 Å². The molecule has 0 saturated carbocycles. The molecule has 138 valence electrons. The molecule has 4 nitrogen and oxygen atoms in total. The van der Waals surface area contributed by atoms with E-state index < -0.39 is 6.04 Å². The van der Waals surface area contributed by atoms with Gasteiger partial charge in [0.05, 0.1) is 0 Å². The number of carbonyl (C=O) groups is 2. The Morgan fingerprint density at radius 3 is 2.19 bits per heavy atom. The molecule has 0 aliphatic carbocycles. The number of hydrogen-bond donors (Lipinski definition) is 1. The Bertz CT molecular complexity index is 729. The molecule has 0 saturated heterocycles. The lowest BCUT2D eigenvalue weighted by molar-refractivity contribution is -0.144. The fourth-order valence-electron chi connectivity index (χ4n) is 2.79. The largest absolute Gasteiger partial charge is 0.354 e. The Labute approximate surface area is 160 Å². The predicted molar refractivity (Wildman–Crippen MR) is 105 cm³/mol. The van der Waals surface area contributed by atoms with Gasteiger partial charge in [0.25, 0.3) is 0 Å². The summed E-state index contributed by atoms with van der Waals surface area (Å²) >= 11 is 5.97. The highest BCUT2D eigenvalue weighted by molar-refractivity contribution is 6.30. The first kappa shape index (κ1) is 20.0. The zero-order valence-electron chi connectivity index (χ0n) is 15.4. The number of rotatable bonds is 7. The first-order chi connectivity index (χ1) is 12.4. The molecular formula is C21H25ClN2O2. The van der Waals surface area contributed by atoms with Gasteiger partial charge in [-0.25, -0.2) is 0 Å². The van der Waals surface area contributed by atoms with Crippen molar-refractivity contribution in [1.82, 2.24) is 10.2 Å². The van der Waals surface area contributed by atoms with Crippen molar-refractivity contribution in [1.29, 1.82) is 0 Å². The van der Waals surface area contributed by atoms with Crippen molar-refractivity contribution in [3.8, 4) is 0 Å². The van der Waals surface area contributed by atoms with Gasteiger partial charge < -0.3 is 10.2 Å². The number of hydrogen-bond acceptors (Lipinski definition) is 2. The number of amides is 2. The van der Waals surface area contributed by atoms with Crippen molar-refractivity contribution < 1.29 is 9.59 Å². The first-order valence-corrected chi connectivity index (χ1v) is 9.19. The van der Waals surface area contributed by atoms with Crippen molar-refractivity contribution in [3.05, 3.63) is 70.7 Å². The summed E-state index contributed by atoms with van der Waals surface area (Å²) in [6, 6.07) is 16.1. The minimum absolute atomic E-state index is 0.0694. The molecule has 26 heavy (non-hydrogen) atoms. The highest BCUT2D eigenvalue weighted by atomic mass is 35.5. The molecular weight excluding hydrogens is 348 g/mol. The van der Waals surface area contributed by atoms with Gasteiger partial charge in [-0.1, -0.05) is 67.9 Å². The third-order valence-corrected chi connectivity index (χ3v) is 4.32. The normalized spacial score (nSPS) is 11.9. The average Bonchev–Trinajstić information content (AvgIpc) is 2.63. The van der Waals surface area contributed by atoms with E-state index in [1.54, 1.807) is 17.0 Å². The zero-order valence-corrected chi connectivity index (χ0v) is 16.2. The summed E-state index contributed by atoms with van der Waals surface area (Å²) in [6.45, 7) is 6.40. The molecule has 1 N–H and O–H groups in total. The van der Waals surface area contributed by atoms with Crippen LogP contribution in [0.5, 0.6) is 0 Å². The predicted octanol–water partition coefficient (Wildman–Crippen LogP) is 4.20. The van der Waals surface area contributed by atoms with E-state index >= 15 is 0 Å². The van der Waals surface area contributed by atoms with Crippen LogP contribution in [0.4, 0.5) is 0 Å². The average molecular weight is 373 g/mol. The fraction of sp³-hybridized carbons (Fsp3) is 0.333. The second-order valence-corrected chi connectivity index (χ2v) is 6.89. The summed E-state index contributed by atoms with van der Waals surface area (Å²) in [4.78, 5) is 27.4. The van der Waals surface area contributed by atoms with Gasteiger partial charge in [0.1, 0.15) is 6.04 Å². The molecule has 0 spiro atoms. The molecule has 1 unspecified atom stereocenters. The lowest BCUT2D eigenvalue weighted by Crippen LogP contribution is -2.44. The van der Waals surface area contributed by atoms with Gasteiger partial charge in [-0.3, -0.25) is 9.59 Å². The van der Waals surface area contributed by atoms with E-state index in [2.05, 4.69) is 5.32 Å². The summed E-state index contributed by atoms with van der Waals surface area (Å²) < 4.78 is 0. The van der Waals surface area contributed by atoms with E-state index in [9.17, 15) is 9.59 Å². The Kier molecular flexibility index (Phi) is 7.22. The van der Waals surface area contributed by atoms with Crippen LogP contribution in [0.1, 0.15) is 37.9 Å².